The molecule has 0 aromatic carbocycles. The first kappa shape index (κ1) is 18.0. The number of amides is 1. The highest BCUT2D eigenvalue weighted by atomic mass is 16.5. The average molecular weight is 364 g/mol. The molecule has 4 rings (SSSR count). The monoisotopic (exact) mass is 364 g/mol. The summed E-state index contributed by atoms with van der Waals surface area (Å²) in [7, 11) is 3.54. The maximum absolute atomic E-state index is 12.0. The molecule has 4 unspecified atom stereocenters. The molecule has 0 radical (unpaired) electrons. The van der Waals surface area contributed by atoms with Crippen LogP contribution in [-0.2, 0) is 14.3 Å². The molecule has 1 spiro atoms. The van der Waals surface area contributed by atoms with Gasteiger partial charge in [-0.2, -0.15) is 0 Å². The molecular formula is C19H32N4O3. The first-order valence-electron chi connectivity index (χ1n) is 10.0. The molecule has 0 aromatic rings. The van der Waals surface area contributed by atoms with Crippen molar-refractivity contribution in [2.75, 3.05) is 47.0 Å². The fourth-order valence-electron chi connectivity index (χ4n) is 5.03. The van der Waals surface area contributed by atoms with E-state index in [9.17, 15) is 4.79 Å². The van der Waals surface area contributed by atoms with E-state index < -0.39 is 0 Å². The number of rotatable bonds is 5. The average Bonchev–Trinajstić information content (AvgIpc) is 3.23. The summed E-state index contributed by atoms with van der Waals surface area (Å²) in [6.07, 6.45) is 6.43. The zero-order valence-electron chi connectivity index (χ0n) is 16.0. The van der Waals surface area contributed by atoms with Crippen LogP contribution in [0.15, 0.2) is 4.99 Å². The molecule has 7 heteroatoms. The first-order chi connectivity index (χ1) is 12.6. The Bertz CT molecular complexity index is 555. The van der Waals surface area contributed by atoms with Crippen molar-refractivity contribution in [3.63, 3.8) is 0 Å². The fraction of sp³-hybridized carbons (Fsp3) is 0.895. The van der Waals surface area contributed by atoms with E-state index >= 15 is 0 Å². The first-order valence-corrected chi connectivity index (χ1v) is 10.0. The summed E-state index contributed by atoms with van der Waals surface area (Å²) in [6.45, 7) is 3.55. The Hall–Kier alpha value is -1.34. The highest BCUT2D eigenvalue weighted by Gasteiger charge is 2.66. The van der Waals surface area contributed by atoms with Crippen molar-refractivity contribution < 1.29 is 14.3 Å². The van der Waals surface area contributed by atoms with Crippen molar-refractivity contribution in [2.45, 2.75) is 44.2 Å². The molecule has 146 valence electrons. The summed E-state index contributed by atoms with van der Waals surface area (Å²) < 4.78 is 11.5. The number of fused-ring (bicyclic) bond motifs is 2. The minimum Gasteiger partial charge on any atom is -0.381 e. The maximum atomic E-state index is 12.0. The van der Waals surface area contributed by atoms with Gasteiger partial charge in [-0.05, 0) is 25.7 Å². The molecule has 2 saturated carbocycles. The second kappa shape index (κ2) is 7.35. The second-order valence-electron chi connectivity index (χ2n) is 8.52. The number of likely N-dealkylation sites (N-methyl/N-ethyl adjacent to an activating group) is 1. The van der Waals surface area contributed by atoms with Gasteiger partial charge in [0, 0.05) is 57.1 Å². The van der Waals surface area contributed by atoms with Crippen molar-refractivity contribution in [3.05, 3.63) is 0 Å². The molecule has 0 bridgehead atoms. The van der Waals surface area contributed by atoms with Crippen LogP contribution in [0.4, 0.5) is 0 Å². The molecule has 1 amide bonds. The minimum absolute atomic E-state index is 0.0179. The Morgan fingerprint density at radius 2 is 2.12 bits per heavy atom. The van der Waals surface area contributed by atoms with E-state index in [0.717, 1.165) is 45.2 Å². The quantitative estimate of drug-likeness (QED) is 0.552. The number of guanidine groups is 1. The molecule has 2 aliphatic heterocycles. The van der Waals surface area contributed by atoms with Crippen molar-refractivity contribution >= 4 is 11.9 Å². The molecule has 4 fully saturated rings. The summed E-state index contributed by atoms with van der Waals surface area (Å²) >= 11 is 0. The van der Waals surface area contributed by atoms with Gasteiger partial charge < -0.3 is 25.0 Å². The lowest BCUT2D eigenvalue weighted by atomic mass is 9.46. The van der Waals surface area contributed by atoms with E-state index in [0.29, 0.717) is 29.4 Å². The Balaban J connectivity index is 1.41. The Labute approximate surface area is 155 Å². The number of nitrogens with one attached hydrogen (secondary N) is 2. The van der Waals surface area contributed by atoms with Crippen LogP contribution in [0.3, 0.4) is 0 Å². The van der Waals surface area contributed by atoms with E-state index in [1.165, 1.54) is 19.3 Å². The number of ether oxygens (including phenoxy) is 2. The standard InChI is InChI=1S/C19H32N4O3/c1-23(2)15(24)11-21-18(20-10-13-4-8-25-12-13)22-16-14-5-9-26-17(14)19(16)6-3-7-19/h13-14,16-17H,3-12H2,1-2H3,(H2,20,21,22). The van der Waals surface area contributed by atoms with Gasteiger partial charge in [-0.1, -0.05) is 6.42 Å². The zero-order valence-corrected chi connectivity index (χ0v) is 16.0. The molecule has 2 heterocycles. The van der Waals surface area contributed by atoms with E-state index in [2.05, 4.69) is 15.6 Å². The number of hydrogen-bond acceptors (Lipinski definition) is 4. The normalized spacial score (nSPS) is 34.8. The third kappa shape index (κ3) is 3.20. The summed E-state index contributed by atoms with van der Waals surface area (Å²) in [4.78, 5) is 18.2. The van der Waals surface area contributed by atoms with E-state index in [1.54, 1.807) is 19.0 Å². The molecular weight excluding hydrogens is 332 g/mol. The van der Waals surface area contributed by atoms with Gasteiger partial charge in [-0.3, -0.25) is 4.79 Å². The number of nitrogens with zero attached hydrogens (tertiary/aromatic N) is 2. The van der Waals surface area contributed by atoms with E-state index in [1.807, 2.05) is 0 Å². The van der Waals surface area contributed by atoms with Gasteiger partial charge in [0.15, 0.2) is 5.96 Å². The van der Waals surface area contributed by atoms with Crippen LogP contribution in [0.1, 0.15) is 32.1 Å². The molecule has 26 heavy (non-hydrogen) atoms. The molecule has 2 aliphatic carbocycles. The number of carbonyl (C=O) groups excluding carboxylic acids is 1. The maximum Gasteiger partial charge on any atom is 0.243 e. The van der Waals surface area contributed by atoms with Crippen LogP contribution >= 0.6 is 0 Å². The van der Waals surface area contributed by atoms with Crippen LogP contribution in [0.2, 0.25) is 0 Å². The fourth-order valence-corrected chi connectivity index (χ4v) is 5.03. The molecule has 0 aromatic heterocycles. The van der Waals surface area contributed by atoms with Crippen LogP contribution in [-0.4, -0.2) is 75.9 Å². The largest absolute Gasteiger partial charge is 0.381 e. The van der Waals surface area contributed by atoms with E-state index in [4.69, 9.17) is 9.47 Å². The third-order valence-corrected chi connectivity index (χ3v) is 6.78. The summed E-state index contributed by atoms with van der Waals surface area (Å²) in [5, 5.41) is 7.15. The number of aliphatic imine (C=N–C) groups is 1. The smallest absolute Gasteiger partial charge is 0.243 e. The Morgan fingerprint density at radius 1 is 1.27 bits per heavy atom. The lowest BCUT2D eigenvalue weighted by Crippen LogP contribution is -2.72. The highest BCUT2D eigenvalue weighted by molar-refractivity contribution is 5.85. The number of carbonyl (C=O) groups is 1. The lowest BCUT2D eigenvalue weighted by molar-refractivity contribution is -0.171. The third-order valence-electron chi connectivity index (χ3n) is 6.78. The Kier molecular flexibility index (Phi) is 5.10. The minimum atomic E-state index is 0.0179. The van der Waals surface area contributed by atoms with Gasteiger partial charge in [0.2, 0.25) is 5.91 Å². The summed E-state index contributed by atoms with van der Waals surface area (Å²) in [5.41, 5.74) is 0.297. The van der Waals surface area contributed by atoms with Crippen LogP contribution in [0.25, 0.3) is 0 Å². The van der Waals surface area contributed by atoms with Gasteiger partial charge in [0.05, 0.1) is 12.7 Å². The summed E-state index contributed by atoms with van der Waals surface area (Å²) in [5.74, 6) is 1.90. The SMILES string of the molecule is CN(C)C(=O)CN=C(NCC1CCOC1)NC1C2CCOC2C12CCC2. The van der Waals surface area contributed by atoms with E-state index in [-0.39, 0.29) is 12.5 Å². The predicted molar refractivity (Wildman–Crippen MR) is 99.0 cm³/mol. The predicted octanol–water partition coefficient (Wildman–Crippen LogP) is 0.604. The van der Waals surface area contributed by atoms with Crippen molar-refractivity contribution in [1.29, 1.82) is 0 Å². The summed E-state index contributed by atoms with van der Waals surface area (Å²) in [6, 6.07) is 0.421. The molecule has 7 nitrogen and oxygen atoms in total. The zero-order chi connectivity index (χ0) is 18.1. The van der Waals surface area contributed by atoms with Gasteiger partial charge in [-0.15, -0.1) is 0 Å². The molecule has 4 atom stereocenters. The molecule has 4 aliphatic rings. The highest BCUT2D eigenvalue weighted by Crippen LogP contribution is 2.62. The Morgan fingerprint density at radius 3 is 2.77 bits per heavy atom. The van der Waals surface area contributed by atoms with Gasteiger partial charge in [0.1, 0.15) is 6.54 Å². The van der Waals surface area contributed by atoms with Crippen LogP contribution in [0, 0.1) is 17.3 Å². The topological polar surface area (TPSA) is 75.2 Å². The van der Waals surface area contributed by atoms with Crippen molar-refractivity contribution in [1.82, 2.24) is 15.5 Å². The van der Waals surface area contributed by atoms with Crippen LogP contribution < -0.4 is 10.6 Å². The van der Waals surface area contributed by atoms with Crippen molar-refractivity contribution in [3.8, 4) is 0 Å². The molecule has 2 N–H and O–H groups in total. The van der Waals surface area contributed by atoms with Crippen LogP contribution in [0.5, 0.6) is 0 Å². The lowest BCUT2D eigenvalue weighted by Gasteiger charge is -2.63. The van der Waals surface area contributed by atoms with Gasteiger partial charge in [-0.25, -0.2) is 4.99 Å². The van der Waals surface area contributed by atoms with Gasteiger partial charge >= 0.3 is 0 Å². The van der Waals surface area contributed by atoms with Crippen molar-refractivity contribution in [2.24, 2.45) is 22.2 Å². The number of hydrogen-bond donors (Lipinski definition) is 2. The molecule has 2 saturated heterocycles. The van der Waals surface area contributed by atoms with Gasteiger partial charge in [0.25, 0.3) is 0 Å². The second-order valence-corrected chi connectivity index (χ2v) is 8.52.